The number of amides is 1. The van der Waals surface area contributed by atoms with Gasteiger partial charge >= 0.3 is 5.97 Å². The largest absolute Gasteiger partial charge is 0.462 e. The van der Waals surface area contributed by atoms with Crippen molar-refractivity contribution < 1.29 is 22.7 Å². The molecule has 27 heavy (non-hydrogen) atoms. The Kier molecular flexibility index (Phi) is 6.36. The highest BCUT2D eigenvalue weighted by molar-refractivity contribution is 7.91. The summed E-state index contributed by atoms with van der Waals surface area (Å²) in [5.74, 6) is -1.09. The minimum absolute atomic E-state index is 0.0326. The van der Waals surface area contributed by atoms with Crippen LogP contribution in [0, 0.1) is 18.3 Å². The van der Waals surface area contributed by atoms with Crippen molar-refractivity contribution in [3.63, 3.8) is 0 Å². The fraction of sp³-hybridized carbons (Fsp3) is 0.278. The maximum Gasteiger partial charge on any atom is 0.348 e. The lowest BCUT2D eigenvalue weighted by Gasteiger charge is -2.05. The maximum absolute atomic E-state index is 12.4. The number of nitrogens with zero attached hydrogens (tertiary/aromatic N) is 1. The Morgan fingerprint density at radius 2 is 1.85 bits per heavy atom. The molecule has 142 valence electrons. The predicted octanol–water partition coefficient (Wildman–Crippen LogP) is 3.15. The van der Waals surface area contributed by atoms with Crippen molar-refractivity contribution in [1.82, 2.24) is 0 Å². The van der Waals surface area contributed by atoms with E-state index in [0.717, 1.165) is 11.3 Å². The molecule has 9 heteroatoms. The summed E-state index contributed by atoms with van der Waals surface area (Å²) in [5.41, 5.74) is 0.875. The van der Waals surface area contributed by atoms with E-state index in [4.69, 9.17) is 4.74 Å². The second kappa shape index (κ2) is 8.33. The summed E-state index contributed by atoms with van der Waals surface area (Å²) in [6, 6.07) is 7.51. The van der Waals surface area contributed by atoms with Gasteiger partial charge in [-0.15, -0.1) is 11.3 Å². The fourth-order valence-electron chi connectivity index (χ4n) is 2.28. The number of ether oxygens (including phenoxy) is 1. The predicted molar refractivity (Wildman–Crippen MR) is 102 cm³/mol. The number of carbonyl (C=O) groups is 2. The van der Waals surface area contributed by atoms with Gasteiger partial charge in [-0.2, -0.15) is 5.26 Å². The summed E-state index contributed by atoms with van der Waals surface area (Å²) in [7, 11) is -3.35. The molecule has 0 saturated carbocycles. The van der Waals surface area contributed by atoms with Crippen LogP contribution < -0.4 is 5.32 Å². The van der Waals surface area contributed by atoms with Gasteiger partial charge in [0.1, 0.15) is 15.9 Å². The van der Waals surface area contributed by atoms with Crippen molar-refractivity contribution in [2.75, 3.05) is 17.7 Å². The molecule has 1 N–H and O–H groups in total. The van der Waals surface area contributed by atoms with Gasteiger partial charge in [0, 0.05) is 5.56 Å². The summed E-state index contributed by atoms with van der Waals surface area (Å²) < 4.78 is 28.6. The molecule has 1 amide bonds. The summed E-state index contributed by atoms with van der Waals surface area (Å²) in [4.78, 5) is 24.8. The zero-order valence-corrected chi connectivity index (χ0v) is 16.7. The average molecular weight is 406 g/mol. The number of carbonyl (C=O) groups excluding carboxylic acids is 2. The van der Waals surface area contributed by atoms with Crippen LogP contribution in [0.4, 0.5) is 5.00 Å². The zero-order chi connectivity index (χ0) is 20.2. The van der Waals surface area contributed by atoms with E-state index in [2.05, 4.69) is 5.32 Å². The standard InChI is InChI=1S/C18H18N2O5S2/c1-4-25-18(22)15-11(3)14(10-19)17(26-15)20-16(21)12-6-8-13(9-7-12)27(23,24)5-2/h6-9H,4-5H2,1-3H3,(H,20,21). The van der Waals surface area contributed by atoms with E-state index in [9.17, 15) is 23.3 Å². The molecule has 0 unspecified atom stereocenters. The third-order valence-electron chi connectivity index (χ3n) is 3.80. The SMILES string of the molecule is CCOC(=O)c1sc(NC(=O)c2ccc(S(=O)(=O)CC)cc2)c(C#N)c1C. The average Bonchev–Trinajstić information content (AvgIpc) is 2.97. The molecular formula is C18H18N2O5S2. The lowest BCUT2D eigenvalue weighted by atomic mass is 10.1. The normalized spacial score (nSPS) is 10.9. The molecule has 0 fully saturated rings. The fourth-order valence-corrected chi connectivity index (χ4v) is 4.21. The molecule has 2 aromatic rings. The Balaban J connectivity index is 2.29. The van der Waals surface area contributed by atoms with Crippen LogP contribution in [0.25, 0.3) is 0 Å². The first-order valence-corrected chi connectivity index (χ1v) is 10.6. The molecule has 0 bridgehead atoms. The number of benzene rings is 1. The van der Waals surface area contributed by atoms with Crippen LogP contribution in [-0.2, 0) is 14.6 Å². The number of nitriles is 1. The Morgan fingerprint density at radius 1 is 1.22 bits per heavy atom. The Labute approximate surface area is 161 Å². The smallest absolute Gasteiger partial charge is 0.348 e. The third-order valence-corrected chi connectivity index (χ3v) is 6.74. The number of rotatable bonds is 6. The molecule has 1 aromatic heterocycles. The first-order chi connectivity index (χ1) is 12.7. The van der Waals surface area contributed by atoms with Gasteiger partial charge in [0.2, 0.25) is 0 Å². The quantitative estimate of drug-likeness (QED) is 0.737. The van der Waals surface area contributed by atoms with Crippen LogP contribution in [-0.4, -0.2) is 32.7 Å². The van der Waals surface area contributed by atoms with Crippen molar-refractivity contribution in [3.05, 3.63) is 45.8 Å². The van der Waals surface area contributed by atoms with E-state index in [0.29, 0.717) is 5.56 Å². The van der Waals surface area contributed by atoms with Crippen molar-refractivity contribution in [1.29, 1.82) is 5.26 Å². The molecule has 0 aliphatic rings. The minimum Gasteiger partial charge on any atom is -0.462 e. The molecule has 2 rings (SSSR count). The molecule has 0 aliphatic heterocycles. The first-order valence-electron chi connectivity index (χ1n) is 8.09. The van der Waals surface area contributed by atoms with Crippen molar-refractivity contribution in [3.8, 4) is 6.07 Å². The van der Waals surface area contributed by atoms with Gasteiger partial charge in [-0.1, -0.05) is 6.92 Å². The number of esters is 1. The molecule has 1 aromatic carbocycles. The molecule has 0 spiro atoms. The van der Waals surface area contributed by atoms with Crippen molar-refractivity contribution in [2.45, 2.75) is 25.7 Å². The molecule has 0 atom stereocenters. The molecular weight excluding hydrogens is 388 g/mol. The van der Waals surface area contributed by atoms with Crippen LogP contribution in [0.1, 0.15) is 45.0 Å². The highest BCUT2D eigenvalue weighted by Gasteiger charge is 2.22. The highest BCUT2D eigenvalue weighted by atomic mass is 32.2. The van der Waals surface area contributed by atoms with Crippen molar-refractivity contribution in [2.24, 2.45) is 0 Å². The van der Waals surface area contributed by atoms with Crippen LogP contribution >= 0.6 is 11.3 Å². The Morgan fingerprint density at radius 3 is 2.37 bits per heavy atom. The number of anilines is 1. The first kappa shape index (κ1) is 20.6. The molecule has 0 aliphatic carbocycles. The lowest BCUT2D eigenvalue weighted by molar-refractivity contribution is 0.0531. The van der Waals surface area contributed by atoms with Gasteiger partial charge < -0.3 is 10.1 Å². The van der Waals surface area contributed by atoms with Crippen LogP contribution in [0.3, 0.4) is 0 Å². The lowest BCUT2D eigenvalue weighted by Crippen LogP contribution is -2.12. The molecule has 0 radical (unpaired) electrons. The molecule has 1 heterocycles. The van der Waals surface area contributed by atoms with E-state index < -0.39 is 21.7 Å². The van der Waals surface area contributed by atoms with Gasteiger partial charge in [-0.05, 0) is 43.7 Å². The highest BCUT2D eigenvalue weighted by Crippen LogP contribution is 2.33. The Bertz CT molecular complexity index is 1020. The number of sulfone groups is 1. The van der Waals surface area contributed by atoms with Crippen LogP contribution in [0.5, 0.6) is 0 Å². The Hall–Kier alpha value is -2.70. The number of hydrogen-bond acceptors (Lipinski definition) is 7. The second-order valence-electron chi connectivity index (χ2n) is 5.47. The van der Waals surface area contributed by atoms with E-state index in [1.54, 1.807) is 20.8 Å². The van der Waals surface area contributed by atoms with Crippen molar-refractivity contribution >= 4 is 38.1 Å². The number of hydrogen-bond donors (Lipinski definition) is 1. The van der Waals surface area contributed by atoms with E-state index >= 15 is 0 Å². The van der Waals surface area contributed by atoms with E-state index in [1.807, 2.05) is 6.07 Å². The van der Waals surface area contributed by atoms with Gasteiger partial charge in [0.15, 0.2) is 9.84 Å². The summed E-state index contributed by atoms with van der Waals surface area (Å²) in [6.07, 6.45) is 0. The molecule has 7 nitrogen and oxygen atoms in total. The number of thiophene rings is 1. The summed E-state index contributed by atoms with van der Waals surface area (Å²) in [5, 5.41) is 12.2. The summed E-state index contributed by atoms with van der Waals surface area (Å²) >= 11 is 0.968. The minimum atomic E-state index is -3.35. The monoisotopic (exact) mass is 406 g/mol. The molecule has 0 saturated heterocycles. The zero-order valence-electron chi connectivity index (χ0n) is 15.0. The van der Waals surface area contributed by atoms with Crippen LogP contribution in [0.15, 0.2) is 29.2 Å². The summed E-state index contributed by atoms with van der Waals surface area (Å²) in [6.45, 7) is 5.03. The van der Waals surface area contributed by atoms with Crippen LogP contribution in [0.2, 0.25) is 0 Å². The third kappa shape index (κ3) is 4.35. The maximum atomic E-state index is 12.4. The van der Waals surface area contributed by atoms with Gasteiger partial charge in [-0.3, -0.25) is 4.79 Å². The van der Waals surface area contributed by atoms with E-state index in [1.165, 1.54) is 24.3 Å². The van der Waals surface area contributed by atoms with Gasteiger partial charge in [-0.25, -0.2) is 13.2 Å². The topological polar surface area (TPSA) is 113 Å². The van der Waals surface area contributed by atoms with Gasteiger partial charge in [0.25, 0.3) is 5.91 Å². The number of nitrogens with one attached hydrogen (secondary N) is 1. The second-order valence-corrected chi connectivity index (χ2v) is 8.77. The van der Waals surface area contributed by atoms with Gasteiger partial charge in [0.05, 0.1) is 22.8 Å². The van der Waals surface area contributed by atoms with E-state index in [-0.39, 0.29) is 38.3 Å².